The normalized spacial score (nSPS) is 10.8. The van der Waals surface area contributed by atoms with E-state index >= 15 is 0 Å². The fourth-order valence-electron chi connectivity index (χ4n) is 2.55. The zero-order chi connectivity index (χ0) is 16.1. The molecule has 1 aromatic heterocycles. The Kier molecular flexibility index (Phi) is 4.71. The van der Waals surface area contributed by atoms with E-state index in [9.17, 15) is 4.79 Å². The number of carbonyl (C=O) groups is 1. The zero-order valence-corrected chi connectivity index (χ0v) is 13.2. The van der Waals surface area contributed by atoms with Gasteiger partial charge in [-0.15, -0.1) is 0 Å². The second-order valence-electron chi connectivity index (χ2n) is 5.43. The lowest BCUT2D eigenvalue weighted by atomic mass is 10.1. The minimum atomic E-state index is 0.156. The highest BCUT2D eigenvalue weighted by Crippen LogP contribution is 2.15. The molecule has 0 saturated heterocycles. The highest BCUT2D eigenvalue weighted by molar-refractivity contribution is 5.95. The van der Waals surface area contributed by atoms with E-state index in [0.29, 0.717) is 13.0 Å². The first-order valence-electron chi connectivity index (χ1n) is 7.94. The molecule has 4 nitrogen and oxygen atoms in total. The number of para-hydroxylation sites is 2. The number of imidazole rings is 1. The Bertz CT molecular complexity index is 790. The third kappa shape index (κ3) is 3.59. The lowest BCUT2D eigenvalue weighted by Crippen LogP contribution is -2.04. The summed E-state index contributed by atoms with van der Waals surface area (Å²) >= 11 is 0. The van der Waals surface area contributed by atoms with Crippen molar-refractivity contribution in [3.8, 4) is 5.75 Å². The van der Waals surface area contributed by atoms with Crippen LogP contribution in [0.2, 0.25) is 0 Å². The maximum Gasteiger partial charge on any atom is 0.162 e. The number of hydrogen-bond donors (Lipinski definition) is 0. The van der Waals surface area contributed by atoms with Crippen molar-refractivity contribution in [1.29, 1.82) is 0 Å². The summed E-state index contributed by atoms with van der Waals surface area (Å²) in [5.74, 6) is 0.955. The van der Waals surface area contributed by atoms with Crippen LogP contribution < -0.4 is 4.74 Å². The molecule has 0 aliphatic heterocycles. The van der Waals surface area contributed by atoms with Gasteiger partial charge in [-0.2, -0.15) is 0 Å². The van der Waals surface area contributed by atoms with Crippen molar-refractivity contribution in [2.24, 2.45) is 0 Å². The Labute approximate surface area is 135 Å². The molecule has 0 atom stereocenters. The SMILES string of the molecule is CCC(=O)c1ccc(OCCCn2cnc3ccccc32)cc1. The number of ketones is 1. The van der Waals surface area contributed by atoms with Crippen molar-refractivity contribution in [3.63, 3.8) is 0 Å². The lowest BCUT2D eigenvalue weighted by molar-refractivity contribution is 0.0988. The molecule has 0 radical (unpaired) electrons. The maximum atomic E-state index is 11.6. The Hall–Kier alpha value is -2.62. The topological polar surface area (TPSA) is 44.1 Å². The summed E-state index contributed by atoms with van der Waals surface area (Å²) in [5, 5.41) is 0. The fourth-order valence-corrected chi connectivity index (χ4v) is 2.55. The van der Waals surface area contributed by atoms with Gasteiger partial charge in [-0.05, 0) is 42.8 Å². The molecule has 0 bridgehead atoms. The molecule has 0 fully saturated rings. The van der Waals surface area contributed by atoms with Crippen molar-refractivity contribution in [1.82, 2.24) is 9.55 Å². The molecule has 3 rings (SSSR count). The Morgan fingerprint density at radius 1 is 1.13 bits per heavy atom. The highest BCUT2D eigenvalue weighted by atomic mass is 16.5. The number of nitrogens with zero attached hydrogens (tertiary/aromatic N) is 2. The van der Waals surface area contributed by atoms with Crippen LogP contribution in [-0.4, -0.2) is 21.9 Å². The van der Waals surface area contributed by atoms with E-state index in [1.54, 1.807) is 0 Å². The summed E-state index contributed by atoms with van der Waals surface area (Å²) in [6.45, 7) is 3.37. The molecular weight excluding hydrogens is 288 g/mol. The van der Waals surface area contributed by atoms with Crippen LogP contribution in [0.5, 0.6) is 5.75 Å². The van der Waals surface area contributed by atoms with E-state index in [1.807, 2.05) is 55.7 Å². The van der Waals surface area contributed by atoms with Gasteiger partial charge in [0.1, 0.15) is 5.75 Å². The molecule has 0 spiro atoms. The standard InChI is InChI=1S/C19H20N2O2/c1-2-19(22)15-8-10-16(11-9-15)23-13-5-12-21-14-20-17-6-3-4-7-18(17)21/h3-4,6-11,14H,2,5,12-13H2,1H3. The predicted octanol–water partition coefficient (Wildman–Crippen LogP) is 4.10. The number of Topliss-reactive ketones (excluding diaryl/α,β-unsaturated/α-hetero) is 1. The molecule has 1 heterocycles. The number of benzene rings is 2. The van der Waals surface area contributed by atoms with Crippen molar-refractivity contribution < 1.29 is 9.53 Å². The molecule has 0 saturated carbocycles. The highest BCUT2D eigenvalue weighted by Gasteiger charge is 2.03. The van der Waals surface area contributed by atoms with E-state index in [1.165, 1.54) is 0 Å². The molecule has 0 N–H and O–H groups in total. The average molecular weight is 308 g/mol. The van der Waals surface area contributed by atoms with Gasteiger partial charge in [0.15, 0.2) is 5.78 Å². The molecule has 4 heteroatoms. The summed E-state index contributed by atoms with van der Waals surface area (Å²) in [5.41, 5.74) is 2.91. The van der Waals surface area contributed by atoms with E-state index in [0.717, 1.165) is 35.3 Å². The second-order valence-corrected chi connectivity index (χ2v) is 5.43. The summed E-state index contributed by atoms with van der Waals surface area (Å²) in [4.78, 5) is 16.0. The van der Waals surface area contributed by atoms with Crippen molar-refractivity contribution in [3.05, 3.63) is 60.4 Å². The molecule has 23 heavy (non-hydrogen) atoms. The van der Waals surface area contributed by atoms with Gasteiger partial charge in [0.05, 0.1) is 24.0 Å². The minimum Gasteiger partial charge on any atom is -0.494 e. The molecule has 118 valence electrons. The van der Waals surface area contributed by atoms with Gasteiger partial charge in [0, 0.05) is 18.5 Å². The van der Waals surface area contributed by atoms with Crippen molar-refractivity contribution in [2.45, 2.75) is 26.3 Å². The lowest BCUT2D eigenvalue weighted by Gasteiger charge is -2.08. The third-order valence-corrected chi connectivity index (χ3v) is 3.84. The van der Waals surface area contributed by atoms with Crippen molar-refractivity contribution in [2.75, 3.05) is 6.61 Å². The smallest absolute Gasteiger partial charge is 0.162 e. The third-order valence-electron chi connectivity index (χ3n) is 3.84. The van der Waals surface area contributed by atoms with Gasteiger partial charge in [-0.25, -0.2) is 4.98 Å². The fraction of sp³-hybridized carbons (Fsp3) is 0.263. The number of rotatable bonds is 7. The van der Waals surface area contributed by atoms with E-state index in [4.69, 9.17) is 4.74 Å². The van der Waals surface area contributed by atoms with Crippen LogP contribution in [0.4, 0.5) is 0 Å². The van der Waals surface area contributed by atoms with Gasteiger partial charge < -0.3 is 9.30 Å². The second kappa shape index (κ2) is 7.09. The Morgan fingerprint density at radius 2 is 1.91 bits per heavy atom. The maximum absolute atomic E-state index is 11.6. The van der Waals surface area contributed by atoms with Crippen LogP contribution in [0.1, 0.15) is 30.1 Å². The van der Waals surface area contributed by atoms with Crippen LogP contribution in [0.15, 0.2) is 54.9 Å². The summed E-state index contributed by atoms with van der Waals surface area (Å²) < 4.78 is 7.88. The van der Waals surface area contributed by atoms with Crippen LogP contribution >= 0.6 is 0 Å². The molecule has 0 aliphatic carbocycles. The first-order valence-corrected chi connectivity index (χ1v) is 7.94. The summed E-state index contributed by atoms with van der Waals surface area (Å²) in [7, 11) is 0. The number of fused-ring (bicyclic) bond motifs is 1. The van der Waals surface area contributed by atoms with Crippen LogP contribution in [0.3, 0.4) is 0 Å². The molecule has 0 aliphatic rings. The molecule has 0 amide bonds. The Balaban J connectivity index is 1.51. The van der Waals surface area contributed by atoms with Crippen LogP contribution in [0.25, 0.3) is 11.0 Å². The van der Waals surface area contributed by atoms with Crippen molar-refractivity contribution >= 4 is 16.8 Å². The first kappa shape index (κ1) is 15.3. The molecular formula is C19H20N2O2. The van der Waals surface area contributed by atoms with Gasteiger partial charge in [-0.3, -0.25) is 4.79 Å². The number of ether oxygens (including phenoxy) is 1. The zero-order valence-electron chi connectivity index (χ0n) is 13.2. The van der Waals surface area contributed by atoms with E-state index in [2.05, 4.69) is 15.6 Å². The number of hydrogen-bond acceptors (Lipinski definition) is 3. The van der Waals surface area contributed by atoms with Gasteiger partial charge in [0.25, 0.3) is 0 Å². The molecule has 0 unspecified atom stereocenters. The summed E-state index contributed by atoms with van der Waals surface area (Å²) in [6.07, 6.45) is 3.30. The van der Waals surface area contributed by atoms with Gasteiger partial charge >= 0.3 is 0 Å². The molecule has 3 aromatic rings. The van der Waals surface area contributed by atoms with Crippen LogP contribution in [-0.2, 0) is 6.54 Å². The van der Waals surface area contributed by atoms with Gasteiger partial charge in [0.2, 0.25) is 0 Å². The van der Waals surface area contributed by atoms with E-state index in [-0.39, 0.29) is 5.78 Å². The van der Waals surface area contributed by atoms with Gasteiger partial charge in [-0.1, -0.05) is 19.1 Å². The number of carbonyl (C=O) groups excluding carboxylic acids is 1. The average Bonchev–Trinajstić information content (AvgIpc) is 3.02. The first-order chi connectivity index (χ1) is 11.3. The summed E-state index contributed by atoms with van der Waals surface area (Å²) in [6, 6.07) is 15.5. The Morgan fingerprint density at radius 3 is 2.70 bits per heavy atom. The minimum absolute atomic E-state index is 0.156. The quantitative estimate of drug-likeness (QED) is 0.487. The largest absolute Gasteiger partial charge is 0.494 e. The number of aryl methyl sites for hydroxylation is 1. The predicted molar refractivity (Wildman–Crippen MR) is 90.9 cm³/mol. The monoisotopic (exact) mass is 308 g/mol. The molecule has 2 aromatic carbocycles. The number of aromatic nitrogens is 2. The van der Waals surface area contributed by atoms with Crippen LogP contribution in [0, 0.1) is 0 Å². The van der Waals surface area contributed by atoms with E-state index < -0.39 is 0 Å².